The lowest BCUT2D eigenvalue weighted by Gasteiger charge is -2.18. The van der Waals surface area contributed by atoms with Crippen molar-refractivity contribution in [3.63, 3.8) is 0 Å². The summed E-state index contributed by atoms with van der Waals surface area (Å²) in [6, 6.07) is 12.0. The van der Waals surface area contributed by atoms with Gasteiger partial charge in [-0.05, 0) is 48.4 Å². The van der Waals surface area contributed by atoms with Crippen LogP contribution in [0.3, 0.4) is 0 Å². The molecule has 6 heteroatoms. The van der Waals surface area contributed by atoms with Crippen LogP contribution in [0.1, 0.15) is 11.1 Å². The van der Waals surface area contributed by atoms with E-state index in [1.165, 1.54) is 4.31 Å². The van der Waals surface area contributed by atoms with Crippen molar-refractivity contribution < 1.29 is 13.2 Å². The van der Waals surface area contributed by atoms with Crippen molar-refractivity contribution in [2.45, 2.75) is 18.4 Å². The third kappa shape index (κ3) is 3.61. The number of hydrogen-bond donors (Lipinski definition) is 0. The van der Waals surface area contributed by atoms with Gasteiger partial charge in [0.2, 0.25) is 10.0 Å². The van der Waals surface area contributed by atoms with Gasteiger partial charge in [-0.1, -0.05) is 23.7 Å². The van der Waals surface area contributed by atoms with Crippen molar-refractivity contribution in [2.24, 2.45) is 0 Å². The van der Waals surface area contributed by atoms with E-state index >= 15 is 0 Å². The Morgan fingerprint density at radius 1 is 1.14 bits per heavy atom. The van der Waals surface area contributed by atoms with Crippen molar-refractivity contribution in [1.82, 2.24) is 4.31 Å². The number of aryl methyl sites for hydroxylation is 1. The summed E-state index contributed by atoms with van der Waals surface area (Å²) in [6.45, 7) is 2.10. The summed E-state index contributed by atoms with van der Waals surface area (Å²) in [6.07, 6.45) is 0. The second-order valence-electron chi connectivity index (χ2n) is 5.02. The minimum absolute atomic E-state index is 0.252. The van der Waals surface area contributed by atoms with Gasteiger partial charge >= 0.3 is 0 Å². The highest BCUT2D eigenvalue weighted by molar-refractivity contribution is 7.89. The Hall–Kier alpha value is -1.56. The van der Waals surface area contributed by atoms with Crippen LogP contribution in [0.15, 0.2) is 47.4 Å². The minimum Gasteiger partial charge on any atom is -0.496 e. The van der Waals surface area contributed by atoms with Crippen LogP contribution in [0.4, 0.5) is 0 Å². The van der Waals surface area contributed by atoms with Crippen molar-refractivity contribution >= 4 is 21.6 Å². The molecule has 0 N–H and O–H groups in total. The normalized spacial score (nSPS) is 11.7. The molecule has 0 radical (unpaired) electrons. The third-order valence-corrected chi connectivity index (χ3v) is 5.44. The van der Waals surface area contributed by atoms with Crippen LogP contribution in [0.2, 0.25) is 5.02 Å². The van der Waals surface area contributed by atoms with Crippen LogP contribution in [-0.2, 0) is 16.6 Å². The van der Waals surface area contributed by atoms with Gasteiger partial charge in [-0.3, -0.25) is 0 Å². The lowest BCUT2D eigenvalue weighted by molar-refractivity contribution is 0.411. The average Bonchev–Trinajstić information content (AvgIpc) is 2.49. The van der Waals surface area contributed by atoms with Gasteiger partial charge in [-0.15, -0.1) is 0 Å². The van der Waals surface area contributed by atoms with Gasteiger partial charge < -0.3 is 4.74 Å². The van der Waals surface area contributed by atoms with E-state index in [1.807, 2.05) is 19.1 Å². The molecular formula is C16H18ClNO3S. The number of hydrogen-bond acceptors (Lipinski definition) is 3. The van der Waals surface area contributed by atoms with Gasteiger partial charge in [-0.25, -0.2) is 8.42 Å². The number of rotatable bonds is 5. The molecule has 0 spiro atoms. The van der Waals surface area contributed by atoms with Crippen molar-refractivity contribution in [3.05, 3.63) is 58.6 Å². The standard InChI is InChI=1S/C16H18ClNO3S/c1-12-10-15(8-9-16(12)21-3)22(19,20)18(2)11-13-4-6-14(17)7-5-13/h4-10H,11H2,1-3H3. The molecule has 118 valence electrons. The fourth-order valence-corrected chi connectivity index (χ4v) is 3.49. The monoisotopic (exact) mass is 339 g/mol. The Morgan fingerprint density at radius 2 is 1.77 bits per heavy atom. The highest BCUT2D eigenvalue weighted by atomic mass is 35.5. The Morgan fingerprint density at radius 3 is 2.32 bits per heavy atom. The second-order valence-corrected chi connectivity index (χ2v) is 7.50. The van der Waals surface area contributed by atoms with E-state index < -0.39 is 10.0 Å². The molecule has 2 aromatic carbocycles. The average molecular weight is 340 g/mol. The zero-order chi connectivity index (χ0) is 16.3. The molecule has 0 aromatic heterocycles. The number of nitrogens with zero attached hydrogens (tertiary/aromatic N) is 1. The maximum atomic E-state index is 12.6. The van der Waals surface area contributed by atoms with E-state index in [2.05, 4.69) is 0 Å². The molecule has 2 aromatic rings. The summed E-state index contributed by atoms with van der Waals surface area (Å²) >= 11 is 5.84. The van der Waals surface area contributed by atoms with Crippen molar-refractivity contribution in [1.29, 1.82) is 0 Å². The minimum atomic E-state index is -3.55. The highest BCUT2D eigenvalue weighted by Gasteiger charge is 2.21. The van der Waals surface area contributed by atoms with Gasteiger partial charge in [0.15, 0.2) is 0 Å². The highest BCUT2D eigenvalue weighted by Crippen LogP contribution is 2.24. The van der Waals surface area contributed by atoms with Crippen LogP contribution in [0.25, 0.3) is 0 Å². The molecule has 0 saturated heterocycles. The molecule has 0 amide bonds. The van der Waals surface area contributed by atoms with E-state index in [-0.39, 0.29) is 11.4 Å². The smallest absolute Gasteiger partial charge is 0.243 e. The maximum Gasteiger partial charge on any atom is 0.243 e. The van der Waals surface area contributed by atoms with E-state index in [4.69, 9.17) is 16.3 Å². The van der Waals surface area contributed by atoms with Gasteiger partial charge in [0.1, 0.15) is 5.75 Å². The summed E-state index contributed by atoms with van der Waals surface area (Å²) in [4.78, 5) is 0.252. The number of halogens is 1. The van der Waals surface area contributed by atoms with Crippen LogP contribution in [-0.4, -0.2) is 26.9 Å². The summed E-state index contributed by atoms with van der Waals surface area (Å²) in [5.74, 6) is 0.666. The van der Waals surface area contributed by atoms with E-state index in [9.17, 15) is 8.42 Å². The Balaban J connectivity index is 2.25. The van der Waals surface area contributed by atoms with Crippen LogP contribution >= 0.6 is 11.6 Å². The first kappa shape index (κ1) is 16.8. The molecule has 4 nitrogen and oxygen atoms in total. The number of ether oxygens (including phenoxy) is 1. The molecule has 0 unspecified atom stereocenters. The van der Waals surface area contributed by atoms with Crippen molar-refractivity contribution in [3.8, 4) is 5.75 Å². The lowest BCUT2D eigenvalue weighted by atomic mass is 10.2. The molecule has 0 aliphatic carbocycles. The summed E-state index contributed by atoms with van der Waals surface area (Å²) in [5, 5.41) is 0.625. The molecule has 2 rings (SSSR count). The fraction of sp³-hybridized carbons (Fsp3) is 0.250. The largest absolute Gasteiger partial charge is 0.496 e. The predicted molar refractivity (Wildman–Crippen MR) is 87.8 cm³/mol. The first-order chi connectivity index (χ1) is 10.3. The maximum absolute atomic E-state index is 12.6. The summed E-state index contributed by atoms with van der Waals surface area (Å²) in [5.41, 5.74) is 1.66. The molecule has 0 aliphatic rings. The Labute approximate surface area is 136 Å². The molecular weight excluding hydrogens is 322 g/mol. The topological polar surface area (TPSA) is 46.6 Å². The molecule has 0 saturated carbocycles. The second kappa shape index (κ2) is 6.69. The molecule has 0 bridgehead atoms. The van der Waals surface area contributed by atoms with E-state index in [1.54, 1.807) is 44.5 Å². The molecule has 0 aliphatic heterocycles. The fourth-order valence-electron chi connectivity index (χ4n) is 2.12. The van der Waals surface area contributed by atoms with Crippen LogP contribution in [0.5, 0.6) is 5.75 Å². The van der Waals surface area contributed by atoms with Gasteiger partial charge in [0.05, 0.1) is 12.0 Å². The third-order valence-electron chi connectivity index (χ3n) is 3.39. The van der Waals surface area contributed by atoms with E-state index in [0.29, 0.717) is 10.8 Å². The Bertz CT molecular complexity index is 757. The summed E-state index contributed by atoms with van der Waals surface area (Å²) in [7, 11) is -0.432. The van der Waals surface area contributed by atoms with Crippen LogP contribution in [0, 0.1) is 6.92 Å². The molecule has 0 fully saturated rings. The van der Waals surface area contributed by atoms with Gasteiger partial charge in [-0.2, -0.15) is 4.31 Å². The lowest BCUT2D eigenvalue weighted by Crippen LogP contribution is -2.26. The molecule has 22 heavy (non-hydrogen) atoms. The van der Waals surface area contributed by atoms with Crippen molar-refractivity contribution in [2.75, 3.05) is 14.2 Å². The summed E-state index contributed by atoms with van der Waals surface area (Å²) < 4.78 is 31.7. The first-order valence-corrected chi connectivity index (χ1v) is 8.52. The number of sulfonamides is 1. The predicted octanol–water partition coefficient (Wildman–Crippen LogP) is 3.48. The SMILES string of the molecule is COc1ccc(S(=O)(=O)N(C)Cc2ccc(Cl)cc2)cc1C. The molecule has 0 atom stereocenters. The number of methoxy groups -OCH3 is 1. The quantitative estimate of drug-likeness (QED) is 0.837. The number of benzene rings is 2. The van der Waals surface area contributed by atoms with Gasteiger partial charge in [0, 0.05) is 18.6 Å². The molecule has 0 heterocycles. The van der Waals surface area contributed by atoms with Gasteiger partial charge in [0.25, 0.3) is 0 Å². The Kier molecular flexibility index (Phi) is 5.11. The van der Waals surface area contributed by atoms with E-state index in [0.717, 1.165) is 11.1 Å². The van der Waals surface area contributed by atoms with Crippen LogP contribution < -0.4 is 4.74 Å². The zero-order valence-corrected chi connectivity index (χ0v) is 14.3. The first-order valence-electron chi connectivity index (χ1n) is 6.70. The zero-order valence-electron chi connectivity index (χ0n) is 12.7.